The van der Waals surface area contributed by atoms with E-state index in [0.717, 1.165) is 15.4 Å². The van der Waals surface area contributed by atoms with Crippen LogP contribution in [0.1, 0.15) is 24.0 Å². The van der Waals surface area contributed by atoms with Crippen LogP contribution in [-0.2, 0) is 26.0 Å². The van der Waals surface area contributed by atoms with Crippen LogP contribution < -0.4 is 10.6 Å². The fourth-order valence-corrected chi connectivity index (χ4v) is 4.28. The summed E-state index contributed by atoms with van der Waals surface area (Å²) < 4.78 is 26.8. The molecule has 1 aliphatic heterocycles. The number of benzene rings is 2. The first-order valence-electron chi connectivity index (χ1n) is 9.01. The van der Waals surface area contributed by atoms with Crippen LogP contribution in [0, 0.1) is 6.92 Å². The molecule has 28 heavy (non-hydrogen) atoms. The van der Waals surface area contributed by atoms with Gasteiger partial charge in [0, 0.05) is 24.8 Å². The third-order valence-corrected chi connectivity index (χ3v) is 6.38. The van der Waals surface area contributed by atoms with Gasteiger partial charge in [-0.15, -0.1) is 0 Å². The molecule has 2 aromatic carbocycles. The van der Waals surface area contributed by atoms with E-state index in [0.29, 0.717) is 30.6 Å². The monoisotopic (exact) mass is 401 g/mol. The smallest absolute Gasteiger partial charge is 0.243 e. The number of likely N-dealkylation sites (N-methyl/N-ethyl adjacent to an activating group) is 1. The molecule has 1 aliphatic rings. The number of aryl methyl sites for hydroxylation is 2. The van der Waals surface area contributed by atoms with Crippen molar-refractivity contribution in [3.8, 4) is 0 Å². The lowest BCUT2D eigenvalue weighted by Crippen LogP contribution is -2.35. The van der Waals surface area contributed by atoms with Gasteiger partial charge in [0.2, 0.25) is 21.8 Å². The topological polar surface area (TPSA) is 95.6 Å². The van der Waals surface area contributed by atoms with Crippen LogP contribution >= 0.6 is 0 Å². The van der Waals surface area contributed by atoms with Gasteiger partial charge in [-0.05, 0) is 61.2 Å². The Kier molecular flexibility index (Phi) is 5.81. The van der Waals surface area contributed by atoms with Crippen LogP contribution in [0.4, 0.5) is 11.4 Å². The molecule has 2 N–H and O–H groups in total. The highest BCUT2D eigenvalue weighted by molar-refractivity contribution is 7.89. The van der Waals surface area contributed by atoms with Gasteiger partial charge in [-0.25, -0.2) is 8.42 Å². The molecule has 0 atom stereocenters. The van der Waals surface area contributed by atoms with Crippen molar-refractivity contribution in [3.05, 3.63) is 53.6 Å². The van der Waals surface area contributed by atoms with E-state index in [1.807, 2.05) is 25.1 Å². The van der Waals surface area contributed by atoms with Gasteiger partial charge in [-0.3, -0.25) is 9.59 Å². The minimum atomic E-state index is -3.83. The second-order valence-electron chi connectivity index (χ2n) is 6.90. The van der Waals surface area contributed by atoms with E-state index in [-0.39, 0.29) is 17.3 Å². The molecule has 0 radical (unpaired) electrons. The van der Waals surface area contributed by atoms with Crippen LogP contribution in [0.25, 0.3) is 0 Å². The number of amides is 2. The van der Waals surface area contributed by atoms with Gasteiger partial charge < -0.3 is 10.6 Å². The standard InChI is InChI=1S/C20H23N3O4S/c1-14-5-3-7-16(11-14)21-20(25)13-23(2)28(26,27)17-9-10-18-15(12-17)6-4-8-19(24)22-18/h3,5,7,9-12H,4,6,8,13H2,1-2H3,(H,21,25)(H,22,24). The number of rotatable bonds is 5. The Morgan fingerprint density at radius 2 is 1.96 bits per heavy atom. The van der Waals surface area contributed by atoms with E-state index in [4.69, 9.17) is 0 Å². The van der Waals surface area contributed by atoms with Crippen LogP contribution in [0.15, 0.2) is 47.4 Å². The molecular formula is C20H23N3O4S. The molecule has 3 rings (SSSR count). The number of sulfonamides is 1. The highest BCUT2D eigenvalue weighted by Gasteiger charge is 2.25. The average molecular weight is 401 g/mol. The van der Waals surface area contributed by atoms with Gasteiger partial charge in [-0.1, -0.05) is 12.1 Å². The molecule has 7 nitrogen and oxygen atoms in total. The minimum Gasteiger partial charge on any atom is -0.326 e. The molecule has 0 saturated heterocycles. The van der Waals surface area contributed by atoms with Crippen molar-refractivity contribution in [1.29, 1.82) is 0 Å². The third kappa shape index (κ3) is 4.58. The highest BCUT2D eigenvalue weighted by Crippen LogP contribution is 2.26. The summed E-state index contributed by atoms with van der Waals surface area (Å²) in [6.07, 6.45) is 1.70. The van der Waals surface area contributed by atoms with E-state index in [1.54, 1.807) is 18.2 Å². The van der Waals surface area contributed by atoms with Crippen LogP contribution in [0.2, 0.25) is 0 Å². The van der Waals surface area contributed by atoms with Crippen LogP contribution in [0.5, 0.6) is 0 Å². The summed E-state index contributed by atoms with van der Waals surface area (Å²) in [7, 11) is -2.46. The van der Waals surface area contributed by atoms with E-state index in [2.05, 4.69) is 10.6 Å². The Morgan fingerprint density at radius 1 is 1.18 bits per heavy atom. The first kappa shape index (κ1) is 20.0. The number of carbonyl (C=O) groups is 2. The van der Waals surface area contributed by atoms with Crippen molar-refractivity contribution in [3.63, 3.8) is 0 Å². The van der Waals surface area contributed by atoms with Crippen molar-refractivity contribution >= 4 is 33.2 Å². The SMILES string of the molecule is Cc1cccc(NC(=O)CN(C)S(=O)(=O)c2ccc3c(c2)CCCC(=O)N3)c1. The third-order valence-electron chi connectivity index (χ3n) is 4.58. The lowest BCUT2D eigenvalue weighted by molar-refractivity contribution is -0.117. The molecular weight excluding hydrogens is 378 g/mol. The highest BCUT2D eigenvalue weighted by atomic mass is 32.2. The van der Waals surface area contributed by atoms with E-state index < -0.39 is 15.9 Å². The number of nitrogens with zero attached hydrogens (tertiary/aromatic N) is 1. The number of nitrogens with one attached hydrogen (secondary N) is 2. The molecule has 0 fully saturated rings. The number of hydrogen-bond donors (Lipinski definition) is 2. The van der Waals surface area contributed by atoms with Gasteiger partial charge in [0.05, 0.1) is 11.4 Å². The molecule has 0 aromatic heterocycles. The van der Waals surface area contributed by atoms with Crippen molar-refractivity contribution in [2.75, 3.05) is 24.2 Å². The van der Waals surface area contributed by atoms with Gasteiger partial charge in [-0.2, -0.15) is 4.31 Å². The molecule has 2 amide bonds. The number of fused-ring (bicyclic) bond motifs is 1. The summed E-state index contributed by atoms with van der Waals surface area (Å²) >= 11 is 0. The normalized spacial score (nSPS) is 14.2. The van der Waals surface area contributed by atoms with E-state index >= 15 is 0 Å². The van der Waals surface area contributed by atoms with E-state index in [1.165, 1.54) is 13.1 Å². The molecule has 8 heteroatoms. The summed E-state index contributed by atoms with van der Waals surface area (Å²) in [4.78, 5) is 24.0. The van der Waals surface area contributed by atoms with Crippen LogP contribution in [0.3, 0.4) is 0 Å². The predicted octanol–water partition coefficient (Wildman–Crippen LogP) is 2.53. The zero-order chi connectivity index (χ0) is 20.3. The minimum absolute atomic E-state index is 0.0701. The average Bonchev–Trinajstić information content (AvgIpc) is 2.81. The Balaban J connectivity index is 1.74. The molecule has 148 valence electrons. The molecule has 0 bridgehead atoms. The fraction of sp³-hybridized carbons (Fsp3) is 0.300. The van der Waals surface area contributed by atoms with Gasteiger partial charge >= 0.3 is 0 Å². The molecule has 0 saturated carbocycles. The first-order valence-corrected chi connectivity index (χ1v) is 10.5. The number of anilines is 2. The summed E-state index contributed by atoms with van der Waals surface area (Å²) in [5.41, 5.74) is 3.04. The lowest BCUT2D eigenvalue weighted by Gasteiger charge is -2.18. The van der Waals surface area contributed by atoms with Crippen molar-refractivity contribution in [1.82, 2.24) is 4.31 Å². The van der Waals surface area contributed by atoms with Gasteiger partial charge in [0.1, 0.15) is 0 Å². The fourth-order valence-electron chi connectivity index (χ4n) is 3.10. The molecule has 2 aromatic rings. The van der Waals surface area contributed by atoms with Crippen molar-refractivity contribution in [2.24, 2.45) is 0 Å². The summed E-state index contributed by atoms with van der Waals surface area (Å²) in [6.45, 7) is 1.61. The largest absolute Gasteiger partial charge is 0.326 e. The first-order chi connectivity index (χ1) is 13.3. The lowest BCUT2D eigenvalue weighted by atomic mass is 10.1. The maximum Gasteiger partial charge on any atom is 0.243 e. The Morgan fingerprint density at radius 3 is 2.71 bits per heavy atom. The quantitative estimate of drug-likeness (QED) is 0.805. The molecule has 0 unspecified atom stereocenters. The molecule has 0 aliphatic carbocycles. The number of carbonyl (C=O) groups excluding carboxylic acids is 2. The summed E-state index contributed by atoms with van der Waals surface area (Å²) in [5.74, 6) is -0.488. The van der Waals surface area contributed by atoms with Crippen molar-refractivity contribution in [2.45, 2.75) is 31.1 Å². The van der Waals surface area contributed by atoms with Crippen molar-refractivity contribution < 1.29 is 18.0 Å². The Labute approximate surface area is 164 Å². The van der Waals surface area contributed by atoms with Gasteiger partial charge in [0.25, 0.3) is 0 Å². The zero-order valence-electron chi connectivity index (χ0n) is 15.9. The Hall–Kier alpha value is -2.71. The second kappa shape index (κ2) is 8.12. The van der Waals surface area contributed by atoms with Crippen LogP contribution in [-0.4, -0.2) is 38.1 Å². The van der Waals surface area contributed by atoms with Gasteiger partial charge in [0.15, 0.2) is 0 Å². The Bertz CT molecular complexity index is 1020. The number of hydrogen-bond acceptors (Lipinski definition) is 4. The summed E-state index contributed by atoms with van der Waals surface area (Å²) in [5, 5.41) is 5.49. The molecule has 0 spiro atoms. The maximum atomic E-state index is 12.9. The predicted molar refractivity (Wildman–Crippen MR) is 108 cm³/mol. The van der Waals surface area contributed by atoms with E-state index in [9.17, 15) is 18.0 Å². The zero-order valence-corrected chi connectivity index (χ0v) is 16.7. The summed E-state index contributed by atoms with van der Waals surface area (Å²) in [6, 6.07) is 11.9. The second-order valence-corrected chi connectivity index (χ2v) is 8.94. The maximum absolute atomic E-state index is 12.9. The molecule has 1 heterocycles.